The van der Waals surface area contributed by atoms with Gasteiger partial charge in [-0.25, -0.2) is 22.8 Å². The number of aromatic nitrogens is 4. The van der Waals surface area contributed by atoms with Gasteiger partial charge in [-0.15, -0.1) is 0 Å². The molecule has 0 fully saturated rings. The van der Waals surface area contributed by atoms with Crippen LogP contribution in [0, 0.1) is 11.8 Å². The summed E-state index contributed by atoms with van der Waals surface area (Å²) >= 11 is 0. The summed E-state index contributed by atoms with van der Waals surface area (Å²) in [5.41, 5.74) is 2.50. The summed E-state index contributed by atoms with van der Waals surface area (Å²) < 4.78 is 35.2. The first kappa shape index (κ1) is 23.7. The lowest BCUT2D eigenvalue weighted by atomic mass is 10.1. The number of carbonyl (C=O) groups is 1. The Morgan fingerprint density at radius 1 is 0.973 bits per heavy atom. The molecule has 0 saturated heterocycles. The molecule has 2 aromatic carbocycles. The smallest absolute Gasteiger partial charge is 0.283 e. The van der Waals surface area contributed by atoms with E-state index in [1.54, 1.807) is 59.8 Å². The third-order valence-electron chi connectivity index (χ3n) is 5.39. The lowest BCUT2D eigenvalue weighted by Gasteiger charge is -2.12. The lowest BCUT2D eigenvalue weighted by Crippen LogP contribution is -2.31. The largest absolute Gasteiger partial charge is 0.495 e. The van der Waals surface area contributed by atoms with Crippen LogP contribution in [-0.4, -0.2) is 41.2 Å². The van der Waals surface area contributed by atoms with Crippen molar-refractivity contribution < 1.29 is 17.9 Å². The quantitative estimate of drug-likeness (QED) is 0.361. The van der Waals surface area contributed by atoms with E-state index < -0.39 is 15.9 Å². The summed E-state index contributed by atoms with van der Waals surface area (Å²) in [7, 11) is -2.92. The highest BCUT2D eigenvalue weighted by Crippen LogP contribution is 2.25. The first-order chi connectivity index (χ1) is 17.9. The molecule has 0 radical (unpaired) electrons. The average Bonchev–Trinajstić information content (AvgIpc) is 3.46. The van der Waals surface area contributed by atoms with Crippen molar-refractivity contribution in [3.8, 4) is 23.3 Å². The molecule has 3 heterocycles. The number of pyridine rings is 2. The minimum atomic E-state index is -4.27. The Kier molecular flexibility index (Phi) is 6.36. The first-order valence-corrected chi connectivity index (χ1v) is 12.5. The van der Waals surface area contributed by atoms with Crippen molar-refractivity contribution in [3.63, 3.8) is 0 Å². The Morgan fingerprint density at radius 2 is 1.84 bits per heavy atom. The van der Waals surface area contributed by atoms with Gasteiger partial charge in [0.25, 0.3) is 15.9 Å². The van der Waals surface area contributed by atoms with Gasteiger partial charge in [0, 0.05) is 41.3 Å². The maximum atomic E-state index is 13.1. The van der Waals surface area contributed by atoms with E-state index in [4.69, 9.17) is 4.74 Å². The van der Waals surface area contributed by atoms with Gasteiger partial charge in [0.05, 0.1) is 18.3 Å². The molecule has 10 heteroatoms. The second-order valence-corrected chi connectivity index (χ2v) is 9.43. The van der Waals surface area contributed by atoms with Gasteiger partial charge >= 0.3 is 0 Å². The average molecular weight is 510 g/mol. The first-order valence-electron chi connectivity index (χ1n) is 11.0. The zero-order valence-electron chi connectivity index (χ0n) is 19.5. The Labute approximate surface area is 212 Å². The number of rotatable bonds is 5. The fraction of sp³-hybridized carbons (Fsp3) is 0.0370. The van der Waals surface area contributed by atoms with Crippen LogP contribution in [0.1, 0.15) is 21.6 Å². The molecule has 0 unspecified atom stereocenters. The van der Waals surface area contributed by atoms with Crippen LogP contribution in [0.25, 0.3) is 16.6 Å². The molecule has 0 aliphatic carbocycles. The minimum absolute atomic E-state index is 0.0494. The minimum Gasteiger partial charge on any atom is -0.495 e. The molecular formula is C27H19N5O4S. The van der Waals surface area contributed by atoms with Crippen molar-refractivity contribution in [2.45, 2.75) is 4.90 Å². The summed E-state index contributed by atoms with van der Waals surface area (Å²) in [6.45, 7) is 0. The molecule has 0 aliphatic rings. The zero-order chi connectivity index (χ0) is 25.8. The number of benzene rings is 2. The van der Waals surface area contributed by atoms with Crippen LogP contribution in [0.2, 0.25) is 0 Å². The fourth-order valence-corrected chi connectivity index (χ4v) is 4.77. The van der Waals surface area contributed by atoms with Gasteiger partial charge in [0.1, 0.15) is 16.3 Å². The number of sulfonamides is 1. The van der Waals surface area contributed by atoms with Gasteiger partial charge in [-0.2, -0.15) is 5.10 Å². The van der Waals surface area contributed by atoms with E-state index in [2.05, 4.69) is 31.6 Å². The second kappa shape index (κ2) is 9.93. The number of nitrogens with one attached hydrogen (secondary N) is 1. The number of nitrogens with zero attached hydrogens (tertiary/aromatic N) is 4. The van der Waals surface area contributed by atoms with Gasteiger partial charge in [-0.05, 0) is 60.7 Å². The fourth-order valence-electron chi connectivity index (χ4n) is 3.65. The van der Waals surface area contributed by atoms with Crippen molar-refractivity contribution in [2.24, 2.45) is 0 Å². The number of amides is 1. The summed E-state index contributed by atoms with van der Waals surface area (Å²) in [6, 6.07) is 18.3. The third-order valence-corrected chi connectivity index (χ3v) is 6.76. The van der Waals surface area contributed by atoms with E-state index in [0.29, 0.717) is 16.6 Å². The van der Waals surface area contributed by atoms with Crippen LogP contribution in [0.4, 0.5) is 0 Å². The van der Waals surface area contributed by atoms with E-state index in [1.807, 2.05) is 12.1 Å². The molecule has 1 amide bonds. The standard InChI is InChI=1S/C27H19N5O4S/c1-36-25-17-19(8-9-20-5-3-14-28-18-20)10-13-26(25)37(34,35)31-27(33)23-12-11-21-22(30-23)6-2-7-24(21)32-16-4-15-29-32/h2-7,10-18H,1H3,(H,31,33). The number of methoxy groups -OCH3 is 1. The second-order valence-electron chi connectivity index (χ2n) is 7.78. The van der Waals surface area contributed by atoms with Crippen molar-refractivity contribution >= 4 is 26.8 Å². The third kappa shape index (κ3) is 5.03. The molecule has 3 aromatic heterocycles. The Balaban J connectivity index is 1.40. The predicted octanol–water partition coefficient (Wildman–Crippen LogP) is 3.34. The molecule has 5 aromatic rings. The lowest BCUT2D eigenvalue weighted by molar-refractivity contribution is 0.0977. The normalized spacial score (nSPS) is 10.9. The Bertz CT molecular complexity index is 1770. The summed E-state index contributed by atoms with van der Waals surface area (Å²) in [4.78, 5) is 21.0. The highest BCUT2D eigenvalue weighted by Gasteiger charge is 2.24. The molecule has 0 atom stereocenters. The van der Waals surface area contributed by atoms with Crippen molar-refractivity contribution in [1.29, 1.82) is 0 Å². The molecular weight excluding hydrogens is 490 g/mol. The molecule has 5 rings (SSSR count). The van der Waals surface area contributed by atoms with Crippen LogP contribution in [0.5, 0.6) is 5.75 Å². The molecule has 9 nitrogen and oxygen atoms in total. The molecule has 0 spiro atoms. The number of ether oxygens (including phenoxy) is 1. The molecule has 0 aliphatic heterocycles. The van der Waals surface area contributed by atoms with E-state index in [0.717, 1.165) is 11.1 Å². The van der Waals surface area contributed by atoms with E-state index in [-0.39, 0.29) is 16.3 Å². The molecule has 182 valence electrons. The zero-order valence-corrected chi connectivity index (χ0v) is 20.3. The Morgan fingerprint density at radius 3 is 2.59 bits per heavy atom. The molecule has 1 N–H and O–H groups in total. The summed E-state index contributed by atoms with van der Waals surface area (Å²) in [5, 5.41) is 4.99. The van der Waals surface area contributed by atoms with E-state index >= 15 is 0 Å². The summed E-state index contributed by atoms with van der Waals surface area (Å²) in [6.07, 6.45) is 6.73. The molecule has 0 saturated carbocycles. The number of carbonyl (C=O) groups excluding carboxylic acids is 1. The van der Waals surface area contributed by atoms with Crippen molar-refractivity contribution in [2.75, 3.05) is 7.11 Å². The van der Waals surface area contributed by atoms with Gasteiger partial charge in [-0.3, -0.25) is 9.78 Å². The van der Waals surface area contributed by atoms with Gasteiger partial charge in [-0.1, -0.05) is 17.9 Å². The van der Waals surface area contributed by atoms with E-state index in [1.165, 1.54) is 31.4 Å². The predicted molar refractivity (Wildman–Crippen MR) is 137 cm³/mol. The van der Waals surface area contributed by atoms with Crippen LogP contribution >= 0.6 is 0 Å². The van der Waals surface area contributed by atoms with Crippen molar-refractivity contribution in [3.05, 3.63) is 108 Å². The van der Waals surface area contributed by atoms with Crippen molar-refractivity contribution in [1.82, 2.24) is 24.5 Å². The maximum Gasteiger partial charge on any atom is 0.283 e. The van der Waals surface area contributed by atoms with Crippen LogP contribution < -0.4 is 9.46 Å². The van der Waals surface area contributed by atoms with Gasteiger partial charge in [0.2, 0.25) is 0 Å². The van der Waals surface area contributed by atoms with Gasteiger partial charge in [0.15, 0.2) is 0 Å². The van der Waals surface area contributed by atoms with Crippen LogP contribution in [0.3, 0.4) is 0 Å². The Hall–Kier alpha value is -5.01. The number of hydrogen-bond donors (Lipinski definition) is 1. The van der Waals surface area contributed by atoms with Crippen LogP contribution in [-0.2, 0) is 10.0 Å². The van der Waals surface area contributed by atoms with Crippen LogP contribution in [0.15, 0.2) is 96.4 Å². The number of fused-ring (bicyclic) bond motifs is 1. The summed E-state index contributed by atoms with van der Waals surface area (Å²) in [5.74, 6) is 5.08. The number of hydrogen-bond acceptors (Lipinski definition) is 7. The monoisotopic (exact) mass is 509 g/mol. The topological polar surface area (TPSA) is 116 Å². The molecule has 37 heavy (non-hydrogen) atoms. The van der Waals surface area contributed by atoms with Gasteiger partial charge < -0.3 is 4.74 Å². The maximum absolute atomic E-state index is 13.1. The molecule has 0 bridgehead atoms. The SMILES string of the molecule is COc1cc(C#Cc2cccnc2)ccc1S(=O)(=O)NC(=O)c1ccc2c(-n3cccn3)cccc2n1. The van der Waals surface area contributed by atoms with E-state index in [9.17, 15) is 13.2 Å². The highest BCUT2D eigenvalue weighted by molar-refractivity contribution is 7.90. The highest BCUT2D eigenvalue weighted by atomic mass is 32.2.